The lowest BCUT2D eigenvalue weighted by atomic mass is 9.49. The molecular formula is C52H65NO5S. The lowest BCUT2D eigenvalue weighted by Crippen LogP contribution is -2.57. The van der Waals surface area contributed by atoms with E-state index in [0.717, 1.165) is 81.6 Å². The summed E-state index contributed by atoms with van der Waals surface area (Å²) in [6.07, 6.45) is 14.1. The Bertz CT molecular complexity index is 2070. The van der Waals surface area contributed by atoms with Crippen LogP contribution in [0.4, 0.5) is 0 Å². The highest BCUT2D eigenvalue weighted by molar-refractivity contribution is 7.21. The summed E-state index contributed by atoms with van der Waals surface area (Å²) in [5.74, 6) is 2.43. The van der Waals surface area contributed by atoms with Gasteiger partial charge in [-0.25, -0.2) is 0 Å². The van der Waals surface area contributed by atoms with Gasteiger partial charge in [-0.05, 0) is 160 Å². The smallest absolute Gasteiger partial charge is 0.203 e. The van der Waals surface area contributed by atoms with Gasteiger partial charge in [-0.3, -0.25) is 9.69 Å². The van der Waals surface area contributed by atoms with Crippen LogP contribution < -0.4 is 0 Å². The van der Waals surface area contributed by atoms with Crippen LogP contribution in [-0.2, 0) is 17.8 Å². The molecule has 1 heterocycles. The highest BCUT2D eigenvalue weighted by Gasteiger charge is 2.58. The van der Waals surface area contributed by atoms with Gasteiger partial charge in [0.15, 0.2) is 0 Å². The van der Waals surface area contributed by atoms with Crippen LogP contribution in [0, 0.1) is 28.6 Å². The zero-order valence-corrected chi connectivity index (χ0v) is 36.1. The van der Waals surface area contributed by atoms with Gasteiger partial charge in [-0.1, -0.05) is 79.2 Å². The Morgan fingerprint density at radius 2 is 1.64 bits per heavy atom. The summed E-state index contributed by atoms with van der Waals surface area (Å²) < 4.78 is 7.20. The number of carbonyl (C=O) groups excluding carboxylic acids is 1. The van der Waals surface area contributed by atoms with Crippen molar-refractivity contribution in [3.05, 3.63) is 118 Å². The van der Waals surface area contributed by atoms with Gasteiger partial charge in [0, 0.05) is 35.3 Å². The molecule has 1 aromatic heterocycles. The molecule has 3 N–H and O–H groups in total. The van der Waals surface area contributed by atoms with Gasteiger partial charge in [0.1, 0.15) is 0 Å². The molecule has 0 saturated heterocycles. The molecular weight excluding hydrogens is 751 g/mol. The highest BCUT2D eigenvalue weighted by atomic mass is 32.1. The minimum absolute atomic E-state index is 0.0280. The van der Waals surface area contributed by atoms with Crippen LogP contribution in [-0.4, -0.2) is 70.1 Å². The normalized spacial score (nSPS) is 32.3. The van der Waals surface area contributed by atoms with E-state index in [-0.39, 0.29) is 23.7 Å². The lowest BCUT2D eigenvalue weighted by Gasteiger charge is -2.58. The summed E-state index contributed by atoms with van der Waals surface area (Å²) >= 11 is 1.55. The monoisotopic (exact) mass is 815 g/mol. The molecule has 4 aromatic rings. The number of hydrogen-bond donors (Lipinski definition) is 3. The minimum atomic E-state index is -1.05. The topological polar surface area (TPSA) is 90.2 Å². The van der Waals surface area contributed by atoms with Crippen LogP contribution in [0.2, 0.25) is 0 Å². The number of carbonyl (C=O) groups is 1. The predicted molar refractivity (Wildman–Crippen MR) is 238 cm³/mol. The molecule has 5 fully saturated rings. The van der Waals surface area contributed by atoms with Crippen molar-refractivity contribution in [3.8, 4) is 0 Å². The van der Waals surface area contributed by atoms with Gasteiger partial charge in [0.25, 0.3) is 0 Å². The number of nitrogens with zero attached hydrogens (tertiary/aromatic N) is 1. The van der Waals surface area contributed by atoms with Crippen molar-refractivity contribution in [1.82, 2.24) is 4.90 Å². The van der Waals surface area contributed by atoms with Crippen LogP contribution >= 0.6 is 11.3 Å². The van der Waals surface area contributed by atoms with Crippen molar-refractivity contribution in [1.29, 1.82) is 0 Å². The number of aliphatic hydroxyl groups excluding tert-OH is 2. The number of rotatable bonds is 12. The third-order valence-electron chi connectivity index (χ3n) is 15.7. The highest BCUT2D eigenvalue weighted by Crippen LogP contribution is 2.62. The molecule has 5 atom stereocenters. The van der Waals surface area contributed by atoms with Crippen molar-refractivity contribution in [2.45, 2.75) is 128 Å². The molecule has 0 amide bonds. The van der Waals surface area contributed by atoms with Gasteiger partial charge in [-0.2, -0.15) is 0 Å². The third-order valence-corrected chi connectivity index (χ3v) is 16.8. The summed E-state index contributed by atoms with van der Waals surface area (Å²) in [6.45, 7) is 7.04. The molecule has 6 bridgehead atoms. The van der Waals surface area contributed by atoms with Crippen LogP contribution in [0.3, 0.4) is 0 Å². The second-order valence-corrected chi connectivity index (χ2v) is 21.3. The van der Waals surface area contributed by atoms with Gasteiger partial charge < -0.3 is 20.1 Å². The van der Waals surface area contributed by atoms with Gasteiger partial charge in [-0.15, -0.1) is 11.3 Å². The van der Waals surface area contributed by atoms with Crippen molar-refractivity contribution >= 4 is 27.2 Å². The summed E-state index contributed by atoms with van der Waals surface area (Å²) in [5, 5.41) is 37.4. The zero-order valence-electron chi connectivity index (χ0n) is 35.3. The first-order valence-electron chi connectivity index (χ1n) is 22.7. The molecule has 11 rings (SSSR count). The SMILES string of the molecule is CC1=CCC[C@@]2(C)[C@@H](CC[C@@]2(O)CN(C[C@@H](O)COCc2ccccc2)CC23CC4CC(CC(C4)C2)C3)c2ccc(cc2C(=O)c2cc3ccccc3s2)C[C@@H](O)CC1. The standard InChI is InChI=1S/C52H65NO5S/c1-35-9-8-19-50(2)46(44-17-15-37(24-42(54)16-14-35)25-45(44)49(56)48-26-41-12-6-7-13-47(41)59-48)18-20-52(50,57)34-53(30-43(55)32-58-31-36-10-4-3-5-11-36)33-51-27-38-21-39(28-51)23-40(22-38)29-51/h3-7,9-13,15,17,25-26,38-40,42-43,46,54-55,57H,8,14,16,18-24,27-34H2,1-2H3/t38?,39?,40?,42-,43+,46-,50-,51?,52+/m0/s1. The maximum absolute atomic E-state index is 14.8. The zero-order chi connectivity index (χ0) is 40.8. The average Bonchev–Trinajstić information content (AvgIpc) is 3.74. The molecule has 314 valence electrons. The largest absolute Gasteiger partial charge is 0.393 e. The molecule has 59 heavy (non-hydrogen) atoms. The fraction of sp³-hybridized carbons (Fsp3) is 0.558. The average molecular weight is 816 g/mol. The van der Waals surface area contributed by atoms with E-state index in [1.165, 1.54) is 44.1 Å². The number of benzene rings is 3. The van der Waals surface area contributed by atoms with E-state index in [0.29, 0.717) is 44.5 Å². The van der Waals surface area contributed by atoms with Crippen LogP contribution in [0.15, 0.2) is 90.5 Å². The second-order valence-electron chi connectivity index (χ2n) is 20.2. The number of ketones is 1. The van der Waals surface area contributed by atoms with E-state index in [2.05, 4.69) is 67.3 Å². The number of hydrogen-bond acceptors (Lipinski definition) is 7. The van der Waals surface area contributed by atoms with Crippen molar-refractivity contribution in [3.63, 3.8) is 0 Å². The quantitative estimate of drug-likeness (QED) is 0.0975. The fourth-order valence-corrected chi connectivity index (χ4v) is 14.2. The maximum atomic E-state index is 14.8. The Morgan fingerprint density at radius 1 is 0.915 bits per heavy atom. The third kappa shape index (κ3) is 8.67. The van der Waals surface area contributed by atoms with E-state index >= 15 is 0 Å². The Labute approximate surface area is 355 Å². The molecule has 7 aliphatic carbocycles. The Kier molecular flexibility index (Phi) is 11.8. The van der Waals surface area contributed by atoms with Crippen LogP contribution in [0.25, 0.3) is 10.1 Å². The summed E-state index contributed by atoms with van der Waals surface area (Å²) in [6, 6.07) is 26.7. The summed E-state index contributed by atoms with van der Waals surface area (Å²) in [7, 11) is 0. The molecule has 7 heteroatoms. The number of thiophene rings is 1. The number of aliphatic hydroxyl groups is 3. The summed E-state index contributed by atoms with van der Waals surface area (Å²) in [4.78, 5) is 18.0. The van der Waals surface area contributed by atoms with Gasteiger partial charge in [0.05, 0.1) is 35.9 Å². The van der Waals surface area contributed by atoms with E-state index in [4.69, 9.17) is 4.74 Å². The van der Waals surface area contributed by atoms with E-state index in [9.17, 15) is 20.1 Å². The Hall–Kier alpha value is -3.17. The first-order valence-corrected chi connectivity index (χ1v) is 23.5. The van der Waals surface area contributed by atoms with Gasteiger partial charge >= 0.3 is 0 Å². The second kappa shape index (κ2) is 16.9. The Balaban J connectivity index is 1.05. The molecule has 3 aromatic carbocycles. The van der Waals surface area contributed by atoms with Crippen molar-refractivity contribution in [2.75, 3.05) is 26.2 Å². The lowest BCUT2D eigenvalue weighted by molar-refractivity contribution is -0.115. The first kappa shape index (κ1) is 41.2. The van der Waals surface area contributed by atoms with E-state index in [1.807, 2.05) is 36.4 Å². The molecule has 7 aliphatic rings. The predicted octanol–water partition coefficient (Wildman–Crippen LogP) is 10.3. The molecule has 5 saturated carbocycles. The molecule has 0 spiro atoms. The molecule has 6 nitrogen and oxygen atoms in total. The number of allylic oxidation sites excluding steroid dienone is 2. The van der Waals surface area contributed by atoms with E-state index in [1.54, 1.807) is 11.3 Å². The van der Waals surface area contributed by atoms with Crippen LogP contribution in [0.5, 0.6) is 0 Å². The molecule has 0 unspecified atom stereocenters. The van der Waals surface area contributed by atoms with Gasteiger partial charge in [0.2, 0.25) is 5.78 Å². The minimum Gasteiger partial charge on any atom is -0.393 e. The summed E-state index contributed by atoms with van der Waals surface area (Å²) in [5.41, 5.74) is 3.73. The maximum Gasteiger partial charge on any atom is 0.203 e. The van der Waals surface area contributed by atoms with Crippen molar-refractivity contribution < 1.29 is 24.9 Å². The Morgan fingerprint density at radius 3 is 2.39 bits per heavy atom. The molecule has 0 radical (unpaired) electrons. The van der Waals surface area contributed by atoms with Crippen molar-refractivity contribution in [2.24, 2.45) is 28.6 Å². The van der Waals surface area contributed by atoms with E-state index < -0.39 is 23.2 Å². The van der Waals surface area contributed by atoms with Crippen LogP contribution in [0.1, 0.15) is 129 Å². The molecule has 0 aliphatic heterocycles. The first-order chi connectivity index (χ1) is 28.5. The fourth-order valence-electron chi connectivity index (χ4n) is 13.2. The number of fused-ring (bicyclic) bond motifs is 9. The number of ether oxygens (including phenoxy) is 1.